The predicted molar refractivity (Wildman–Crippen MR) is 87.1 cm³/mol. The first-order valence-corrected chi connectivity index (χ1v) is 7.29. The van der Waals surface area contributed by atoms with E-state index in [0.29, 0.717) is 5.11 Å². The number of nitrogens with zero attached hydrogens (tertiary/aromatic N) is 1. The van der Waals surface area contributed by atoms with Gasteiger partial charge in [-0.1, -0.05) is 25.1 Å². The molecular formula is C14H15N3S2. The van der Waals surface area contributed by atoms with Crippen molar-refractivity contribution < 1.29 is 0 Å². The lowest BCUT2D eigenvalue weighted by Gasteiger charge is -2.07. The molecule has 0 aliphatic carbocycles. The van der Waals surface area contributed by atoms with Gasteiger partial charge < -0.3 is 5.32 Å². The zero-order valence-electron chi connectivity index (χ0n) is 10.6. The van der Waals surface area contributed by atoms with Gasteiger partial charge in [-0.15, -0.1) is 11.3 Å². The van der Waals surface area contributed by atoms with Crippen LogP contribution in [0.2, 0.25) is 0 Å². The highest BCUT2D eigenvalue weighted by molar-refractivity contribution is 7.80. The van der Waals surface area contributed by atoms with Crippen LogP contribution in [0.15, 0.2) is 46.9 Å². The van der Waals surface area contributed by atoms with Crippen LogP contribution in [0.3, 0.4) is 0 Å². The number of rotatable bonds is 4. The third-order valence-electron chi connectivity index (χ3n) is 2.52. The molecule has 0 saturated carbocycles. The highest BCUT2D eigenvalue weighted by Crippen LogP contribution is 2.09. The van der Waals surface area contributed by atoms with Gasteiger partial charge in [-0.25, -0.2) is 0 Å². The number of thiophene rings is 1. The monoisotopic (exact) mass is 289 g/mol. The van der Waals surface area contributed by atoms with Crippen LogP contribution in [-0.2, 0) is 6.42 Å². The molecule has 0 bridgehead atoms. The second kappa shape index (κ2) is 7.01. The number of anilines is 1. The molecule has 19 heavy (non-hydrogen) atoms. The number of aryl methyl sites for hydroxylation is 1. The first-order chi connectivity index (χ1) is 9.28. The zero-order chi connectivity index (χ0) is 13.5. The van der Waals surface area contributed by atoms with Gasteiger partial charge in [0.05, 0.1) is 6.21 Å². The first-order valence-electron chi connectivity index (χ1n) is 6.00. The molecule has 98 valence electrons. The molecule has 0 unspecified atom stereocenters. The Labute approximate surface area is 122 Å². The maximum absolute atomic E-state index is 5.16. The van der Waals surface area contributed by atoms with E-state index in [4.69, 9.17) is 12.2 Å². The number of thiocarbonyl (C=S) groups is 1. The summed E-state index contributed by atoms with van der Waals surface area (Å²) in [5, 5.41) is 9.65. The molecule has 0 radical (unpaired) electrons. The van der Waals surface area contributed by atoms with E-state index in [1.165, 1.54) is 5.56 Å². The molecule has 2 aromatic rings. The molecule has 2 N–H and O–H groups in total. The van der Waals surface area contributed by atoms with Crippen LogP contribution in [0, 0.1) is 0 Å². The highest BCUT2D eigenvalue weighted by atomic mass is 32.1. The lowest BCUT2D eigenvalue weighted by molar-refractivity contribution is 1.05. The average molecular weight is 289 g/mol. The summed E-state index contributed by atoms with van der Waals surface area (Å²) >= 11 is 6.79. The Balaban J connectivity index is 1.83. The summed E-state index contributed by atoms with van der Waals surface area (Å²) in [6.07, 6.45) is 2.78. The van der Waals surface area contributed by atoms with Crippen LogP contribution < -0.4 is 10.7 Å². The van der Waals surface area contributed by atoms with Crippen molar-refractivity contribution in [3.63, 3.8) is 0 Å². The first kappa shape index (κ1) is 13.7. The molecule has 1 aromatic carbocycles. The van der Waals surface area contributed by atoms with Crippen molar-refractivity contribution in [1.29, 1.82) is 0 Å². The van der Waals surface area contributed by atoms with E-state index in [0.717, 1.165) is 17.0 Å². The van der Waals surface area contributed by atoms with Gasteiger partial charge >= 0.3 is 0 Å². The SMILES string of the molecule is CCc1ccc(NC(=S)N/N=C/c2cccs2)cc1. The summed E-state index contributed by atoms with van der Waals surface area (Å²) in [4.78, 5) is 1.09. The highest BCUT2D eigenvalue weighted by Gasteiger charge is 1.96. The molecule has 1 aromatic heterocycles. The Morgan fingerprint density at radius 1 is 1.32 bits per heavy atom. The van der Waals surface area contributed by atoms with E-state index in [2.05, 4.69) is 34.9 Å². The number of hydrogen-bond acceptors (Lipinski definition) is 3. The number of hydrazone groups is 1. The van der Waals surface area contributed by atoms with Gasteiger partial charge in [0, 0.05) is 10.6 Å². The van der Waals surface area contributed by atoms with Crippen molar-refractivity contribution in [2.75, 3.05) is 5.32 Å². The Kier molecular flexibility index (Phi) is 5.06. The Morgan fingerprint density at radius 2 is 2.11 bits per heavy atom. The van der Waals surface area contributed by atoms with E-state index in [1.54, 1.807) is 17.6 Å². The molecule has 1 heterocycles. The van der Waals surface area contributed by atoms with E-state index in [9.17, 15) is 0 Å². The molecule has 0 aliphatic heterocycles. The minimum absolute atomic E-state index is 0.483. The largest absolute Gasteiger partial charge is 0.331 e. The minimum atomic E-state index is 0.483. The zero-order valence-corrected chi connectivity index (χ0v) is 12.2. The van der Waals surface area contributed by atoms with Gasteiger partial charge in [-0.3, -0.25) is 5.43 Å². The van der Waals surface area contributed by atoms with Gasteiger partial charge in [0.2, 0.25) is 0 Å². The molecule has 0 fully saturated rings. The normalized spacial score (nSPS) is 10.6. The molecule has 0 atom stereocenters. The van der Waals surface area contributed by atoms with Crippen LogP contribution in [0.1, 0.15) is 17.4 Å². The Morgan fingerprint density at radius 3 is 2.74 bits per heavy atom. The maximum Gasteiger partial charge on any atom is 0.191 e. The van der Waals surface area contributed by atoms with Gasteiger partial charge in [-0.05, 0) is 47.8 Å². The summed E-state index contributed by atoms with van der Waals surface area (Å²) in [5.41, 5.74) is 5.06. The fourth-order valence-electron chi connectivity index (χ4n) is 1.50. The minimum Gasteiger partial charge on any atom is -0.331 e. The lowest BCUT2D eigenvalue weighted by Crippen LogP contribution is -2.23. The van der Waals surface area contributed by atoms with Crippen LogP contribution in [0.4, 0.5) is 5.69 Å². The second-order valence-electron chi connectivity index (χ2n) is 3.89. The van der Waals surface area contributed by atoms with Crippen LogP contribution in [-0.4, -0.2) is 11.3 Å². The molecule has 0 spiro atoms. The van der Waals surface area contributed by atoms with Crippen LogP contribution in [0.25, 0.3) is 0 Å². The molecule has 3 nitrogen and oxygen atoms in total. The van der Waals surface area contributed by atoms with Crippen molar-refractivity contribution in [3.8, 4) is 0 Å². The average Bonchev–Trinajstić information content (AvgIpc) is 2.93. The van der Waals surface area contributed by atoms with Gasteiger partial charge in [0.15, 0.2) is 5.11 Å². The van der Waals surface area contributed by atoms with Crippen LogP contribution >= 0.6 is 23.6 Å². The van der Waals surface area contributed by atoms with Crippen molar-refractivity contribution in [2.45, 2.75) is 13.3 Å². The molecular weight excluding hydrogens is 274 g/mol. The second-order valence-corrected chi connectivity index (χ2v) is 5.28. The quantitative estimate of drug-likeness (QED) is 0.512. The van der Waals surface area contributed by atoms with Crippen molar-refractivity contribution in [3.05, 3.63) is 52.2 Å². The summed E-state index contributed by atoms with van der Waals surface area (Å²) in [6, 6.07) is 12.2. The van der Waals surface area contributed by atoms with E-state index >= 15 is 0 Å². The maximum atomic E-state index is 5.16. The van der Waals surface area contributed by atoms with Gasteiger partial charge in [0.1, 0.15) is 0 Å². The number of nitrogens with one attached hydrogen (secondary N) is 2. The van der Waals surface area contributed by atoms with Crippen molar-refractivity contribution in [1.82, 2.24) is 5.43 Å². The topological polar surface area (TPSA) is 36.4 Å². The van der Waals surface area contributed by atoms with Gasteiger partial charge in [0.25, 0.3) is 0 Å². The number of hydrogen-bond donors (Lipinski definition) is 2. The van der Waals surface area contributed by atoms with Crippen molar-refractivity contribution >= 4 is 40.6 Å². The summed E-state index contributed by atoms with van der Waals surface area (Å²) < 4.78 is 0. The summed E-state index contributed by atoms with van der Waals surface area (Å²) in [6.45, 7) is 2.13. The Bertz CT molecular complexity index is 545. The fourth-order valence-corrected chi connectivity index (χ4v) is 2.26. The molecule has 0 aliphatic rings. The molecule has 0 amide bonds. The third kappa shape index (κ3) is 4.46. The van der Waals surface area contributed by atoms with E-state index in [-0.39, 0.29) is 0 Å². The smallest absolute Gasteiger partial charge is 0.191 e. The summed E-state index contributed by atoms with van der Waals surface area (Å²) in [5.74, 6) is 0. The third-order valence-corrected chi connectivity index (χ3v) is 3.52. The number of benzene rings is 1. The van der Waals surface area contributed by atoms with E-state index in [1.807, 2.05) is 29.6 Å². The molecule has 2 rings (SSSR count). The summed E-state index contributed by atoms with van der Waals surface area (Å²) in [7, 11) is 0. The standard InChI is InChI=1S/C14H15N3S2/c1-2-11-5-7-12(8-6-11)16-14(18)17-15-10-13-4-3-9-19-13/h3-10H,2H2,1H3,(H2,16,17,18)/b15-10+. The van der Waals surface area contributed by atoms with Crippen LogP contribution in [0.5, 0.6) is 0 Å². The molecule has 0 saturated heterocycles. The molecule has 5 heteroatoms. The van der Waals surface area contributed by atoms with E-state index < -0.39 is 0 Å². The predicted octanol–water partition coefficient (Wildman–Crippen LogP) is 3.63. The lowest BCUT2D eigenvalue weighted by atomic mass is 10.1. The fraction of sp³-hybridized carbons (Fsp3) is 0.143. The Hall–Kier alpha value is -1.72. The van der Waals surface area contributed by atoms with Crippen molar-refractivity contribution in [2.24, 2.45) is 5.10 Å². The van der Waals surface area contributed by atoms with Gasteiger partial charge in [-0.2, -0.15) is 5.10 Å².